The van der Waals surface area contributed by atoms with Crippen LogP contribution in [0.15, 0.2) is 96.0 Å². The van der Waals surface area contributed by atoms with Crippen molar-refractivity contribution in [2.45, 2.75) is 69.6 Å². The molecule has 0 unspecified atom stereocenters. The van der Waals surface area contributed by atoms with Gasteiger partial charge in [-0.25, -0.2) is 4.79 Å². The summed E-state index contributed by atoms with van der Waals surface area (Å²) in [5, 5.41) is 8.99. The average Bonchev–Trinajstić information content (AvgIpc) is 3.82. The summed E-state index contributed by atoms with van der Waals surface area (Å²) in [5.74, 6) is 0.760. The van der Waals surface area contributed by atoms with Crippen molar-refractivity contribution >= 4 is 74.4 Å². The van der Waals surface area contributed by atoms with E-state index in [1.807, 2.05) is 86.8 Å². The molecule has 0 bridgehead atoms. The Hall–Kier alpha value is -6.72. The zero-order valence-electron chi connectivity index (χ0n) is 37.4. The number of pyridine rings is 1. The number of carboxylic acids is 1. The Morgan fingerprint density at radius 1 is 0.761 bits per heavy atom. The number of carbonyl (C=O) groups excluding carboxylic acids is 3. The lowest BCUT2D eigenvalue weighted by molar-refractivity contribution is -0.137. The molecule has 1 N–H and O–H groups in total. The minimum Gasteiger partial charge on any atom is -0.493 e. The van der Waals surface area contributed by atoms with Crippen molar-refractivity contribution in [3.63, 3.8) is 0 Å². The highest BCUT2D eigenvalue weighted by Gasteiger charge is 2.43. The minimum atomic E-state index is -0.832. The number of rotatable bonds is 16. The number of benzene rings is 4. The van der Waals surface area contributed by atoms with E-state index in [0.29, 0.717) is 76.3 Å². The zero-order chi connectivity index (χ0) is 46.8. The molecule has 3 amide bonds. The van der Waals surface area contributed by atoms with Crippen molar-refractivity contribution in [3.05, 3.63) is 125 Å². The van der Waals surface area contributed by atoms with Crippen LogP contribution in [0.3, 0.4) is 0 Å². The molecule has 0 aliphatic carbocycles. The van der Waals surface area contributed by atoms with Crippen molar-refractivity contribution in [1.82, 2.24) is 4.98 Å². The number of aliphatic imine (C=N–C) groups is 1. The van der Waals surface area contributed by atoms with Crippen LogP contribution in [0.4, 0.5) is 27.5 Å². The monoisotopic (exact) mass is 943 g/mol. The Morgan fingerprint density at radius 3 is 2.07 bits per heavy atom. The van der Waals surface area contributed by atoms with Crippen LogP contribution >= 0.6 is 21.6 Å². The van der Waals surface area contributed by atoms with Gasteiger partial charge in [0.2, 0.25) is 0 Å². The number of aromatic nitrogens is 1. The van der Waals surface area contributed by atoms with E-state index in [2.05, 4.69) is 0 Å². The lowest BCUT2D eigenvalue weighted by Gasteiger charge is -2.28. The highest BCUT2D eigenvalue weighted by atomic mass is 33.1. The Bertz CT molecular complexity index is 2780. The van der Waals surface area contributed by atoms with Crippen LogP contribution in [0.5, 0.6) is 23.0 Å². The maximum Gasteiger partial charge on any atom is 0.414 e. The van der Waals surface area contributed by atoms with Gasteiger partial charge in [-0.3, -0.25) is 34.2 Å². The standard InChI is InChI=1S/C50H49N5O10S2/c1-50(2,67-66-18-10-17-46(56)57)29-65-49(60)53-26-35-20-31-12-6-8-16-40(31)55(35)48(59)37-22-43(62-4)45(24-41(37)53)64-28-33-14-9-13-32(52-33)27-63-44-23-38-36(21-42(44)61-3)47(58)54-34(25-51-38)19-30-11-5-7-15-39(30)54/h5-9,11-16,21-25,34-35H,10,17-20,26-29H2,1-4H3,(H,56,57)/t34-,35-/m0/s1. The fourth-order valence-corrected chi connectivity index (χ4v) is 11.2. The Balaban J connectivity index is 0.920. The molecule has 1 aromatic heterocycles. The second kappa shape index (κ2) is 19.2. The first-order valence-electron chi connectivity index (χ1n) is 21.9. The average molecular weight is 944 g/mol. The molecule has 0 spiro atoms. The van der Waals surface area contributed by atoms with Gasteiger partial charge in [-0.05, 0) is 74.2 Å². The van der Waals surface area contributed by atoms with E-state index in [-0.39, 0.29) is 62.2 Å². The van der Waals surface area contributed by atoms with E-state index in [1.54, 1.807) is 44.9 Å². The van der Waals surface area contributed by atoms with Crippen molar-refractivity contribution in [3.8, 4) is 23.0 Å². The van der Waals surface area contributed by atoms with E-state index >= 15 is 0 Å². The molecular weight excluding hydrogens is 895 g/mol. The van der Waals surface area contributed by atoms with Crippen molar-refractivity contribution in [1.29, 1.82) is 0 Å². The number of carbonyl (C=O) groups is 4. The molecule has 346 valence electrons. The number of hydrogen-bond acceptors (Lipinski definition) is 13. The summed E-state index contributed by atoms with van der Waals surface area (Å²) >= 11 is 0. The number of methoxy groups -OCH3 is 2. The number of amides is 3. The summed E-state index contributed by atoms with van der Waals surface area (Å²) in [6.07, 6.45) is 3.07. The van der Waals surface area contributed by atoms with Crippen LogP contribution in [0.25, 0.3) is 0 Å². The number of aliphatic carboxylic acids is 1. The van der Waals surface area contributed by atoms with Crippen LogP contribution in [0.1, 0.15) is 69.9 Å². The van der Waals surface area contributed by atoms with Crippen LogP contribution in [-0.4, -0.2) is 90.1 Å². The fraction of sp³-hybridized carbons (Fsp3) is 0.320. The summed E-state index contributed by atoms with van der Waals surface area (Å²) < 4.78 is 29.6. The number of ether oxygens (including phenoxy) is 5. The lowest BCUT2D eigenvalue weighted by Crippen LogP contribution is -2.44. The third-order valence-corrected chi connectivity index (χ3v) is 15.2. The first-order chi connectivity index (χ1) is 32.4. The zero-order valence-corrected chi connectivity index (χ0v) is 39.1. The predicted octanol–water partition coefficient (Wildman–Crippen LogP) is 9.10. The van der Waals surface area contributed by atoms with E-state index in [9.17, 15) is 19.2 Å². The van der Waals surface area contributed by atoms with Crippen LogP contribution in [0.2, 0.25) is 0 Å². The Morgan fingerprint density at radius 2 is 1.39 bits per heavy atom. The van der Waals surface area contributed by atoms with Crippen molar-refractivity contribution in [2.24, 2.45) is 4.99 Å². The first kappa shape index (κ1) is 45.4. The number of fused-ring (bicyclic) bond motifs is 8. The predicted molar refractivity (Wildman–Crippen MR) is 258 cm³/mol. The molecule has 0 saturated carbocycles. The largest absolute Gasteiger partial charge is 0.493 e. The molecular formula is C50H49N5O10S2. The highest BCUT2D eigenvalue weighted by Crippen LogP contribution is 2.44. The smallest absolute Gasteiger partial charge is 0.414 e. The molecule has 5 heterocycles. The van der Waals surface area contributed by atoms with Crippen LogP contribution in [0, 0.1) is 0 Å². The summed E-state index contributed by atoms with van der Waals surface area (Å²) in [6.45, 7) is 4.25. The summed E-state index contributed by atoms with van der Waals surface area (Å²) in [6, 6.07) is 27.2. The first-order valence-corrected chi connectivity index (χ1v) is 24.2. The van der Waals surface area contributed by atoms with E-state index in [1.165, 1.54) is 29.9 Å². The molecule has 67 heavy (non-hydrogen) atoms. The van der Waals surface area contributed by atoms with Crippen LogP contribution < -0.4 is 33.6 Å². The van der Waals surface area contributed by atoms with Gasteiger partial charge in [-0.2, -0.15) is 0 Å². The third-order valence-electron chi connectivity index (χ3n) is 11.9. The molecule has 0 fully saturated rings. The highest BCUT2D eigenvalue weighted by molar-refractivity contribution is 8.77. The number of hydrogen-bond donors (Lipinski definition) is 1. The fourth-order valence-electron chi connectivity index (χ4n) is 8.71. The molecule has 0 radical (unpaired) electrons. The molecule has 0 saturated heterocycles. The van der Waals surface area contributed by atoms with Gasteiger partial charge in [-0.15, -0.1) is 0 Å². The van der Waals surface area contributed by atoms with Crippen molar-refractivity contribution < 1.29 is 48.0 Å². The van der Waals surface area contributed by atoms with Gasteiger partial charge in [0.25, 0.3) is 11.8 Å². The molecule has 9 rings (SSSR count). The van der Waals surface area contributed by atoms with Crippen molar-refractivity contribution in [2.75, 3.05) is 47.8 Å². The molecule has 4 aromatic carbocycles. The van der Waals surface area contributed by atoms with Gasteiger partial charge in [0.05, 0.1) is 71.5 Å². The SMILES string of the molecule is COc1cc2c(cc1OCc1cccc(COc3cc4c(cc3OC)C(=O)N3c5ccccc5C[C@H]3CN4C(=O)OCC(C)(C)SSCCCC(=O)O)n1)N=C[C@@H]1Cc3ccccc3N1C2=O. The number of anilines is 3. The van der Waals surface area contributed by atoms with Gasteiger partial charge >= 0.3 is 12.1 Å². The topological polar surface area (TPSA) is 170 Å². The van der Waals surface area contributed by atoms with E-state index < -0.39 is 16.8 Å². The normalized spacial score (nSPS) is 16.7. The molecule has 4 aliphatic heterocycles. The van der Waals surface area contributed by atoms with Gasteiger partial charge < -0.3 is 33.7 Å². The van der Waals surface area contributed by atoms with Gasteiger partial charge in [0.1, 0.15) is 19.8 Å². The molecule has 4 aliphatic rings. The molecule has 2 atom stereocenters. The Kier molecular flexibility index (Phi) is 13.1. The molecule has 5 aromatic rings. The minimum absolute atomic E-state index is 0.0127. The van der Waals surface area contributed by atoms with E-state index in [0.717, 1.165) is 22.5 Å². The van der Waals surface area contributed by atoms with Gasteiger partial charge in [0.15, 0.2) is 23.0 Å². The Labute approximate surface area is 395 Å². The second-order valence-electron chi connectivity index (χ2n) is 17.1. The second-order valence-corrected chi connectivity index (χ2v) is 20.2. The number of carboxylic acid groups (broad SMARTS) is 1. The lowest BCUT2D eigenvalue weighted by atomic mass is 10.1. The third kappa shape index (κ3) is 9.47. The molecule has 15 nitrogen and oxygen atoms in total. The summed E-state index contributed by atoms with van der Waals surface area (Å²) in [5.41, 5.74) is 6.45. The molecule has 17 heteroatoms. The number of para-hydroxylation sites is 2. The van der Waals surface area contributed by atoms with E-state index in [4.69, 9.17) is 38.8 Å². The number of nitrogens with zero attached hydrogens (tertiary/aromatic N) is 5. The quantitative estimate of drug-likeness (QED) is 0.0735. The maximum absolute atomic E-state index is 14.5. The summed E-state index contributed by atoms with van der Waals surface area (Å²) in [7, 11) is 6.09. The van der Waals surface area contributed by atoms with Crippen LogP contribution in [-0.2, 0) is 35.6 Å². The summed E-state index contributed by atoms with van der Waals surface area (Å²) in [4.78, 5) is 68.1. The van der Waals surface area contributed by atoms with Gasteiger partial charge in [-0.1, -0.05) is 64.1 Å². The van der Waals surface area contributed by atoms with Gasteiger partial charge in [0, 0.05) is 48.3 Å². The maximum atomic E-state index is 14.5.